The van der Waals surface area contributed by atoms with Crippen molar-refractivity contribution in [1.29, 1.82) is 0 Å². The lowest BCUT2D eigenvalue weighted by molar-refractivity contribution is -0.00212. The molecule has 0 radical (unpaired) electrons. The number of fused-ring (bicyclic) bond motifs is 1. The van der Waals surface area contributed by atoms with Crippen molar-refractivity contribution in [1.82, 2.24) is 15.3 Å². The van der Waals surface area contributed by atoms with Crippen LogP contribution in [-0.2, 0) is 0 Å². The van der Waals surface area contributed by atoms with Crippen LogP contribution in [0, 0.1) is 0 Å². The standard InChI is InChI=1S/C19H21N3O2/c23-18(16-13-20-10-11-21-16)22-15-12-19(8-4-1-5-9-19)24-17-7-3-2-6-14(15)17/h2-3,6-7,10-11,13,15H,1,4-5,8-9,12H2,(H,22,23)/t15-/m1/s1. The number of benzene rings is 1. The van der Waals surface area contributed by atoms with E-state index in [1.54, 1.807) is 6.20 Å². The SMILES string of the molecule is O=C(N[C@@H]1CC2(CCCCC2)Oc2ccccc21)c1cnccn1. The van der Waals surface area contributed by atoms with E-state index in [1.165, 1.54) is 31.7 Å². The van der Waals surface area contributed by atoms with Gasteiger partial charge in [0.2, 0.25) is 0 Å². The highest BCUT2D eigenvalue weighted by Gasteiger charge is 2.42. The molecule has 2 aliphatic rings. The van der Waals surface area contributed by atoms with Gasteiger partial charge in [0.1, 0.15) is 17.0 Å². The van der Waals surface area contributed by atoms with E-state index >= 15 is 0 Å². The van der Waals surface area contributed by atoms with Gasteiger partial charge in [-0.05, 0) is 31.7 Å². The third kappa shape index (κ3) is 2.86. The van der Waals surface area contributed by atoms with Crippen molar-refractivity contribution in [2.24, 2.45) is 0 Å². The molecule has 124 valence electrons. The van der Waals surface area contributed by atoms with E-state index in [2.05, 4.69) is 15.3 Å². The fraction of sp³-hybridized carbons (Fsp3) is 0.421. The second-order valence-corrected chi connectivity index (χ2v) is 6.70. The van der Waals surface area contributed by atoms with Crippen LogP contribution >= 0.6 is 0 Å². The van der Waals surface area contributed by atoms with Crippen LogP contribution in [0.4, 0.5) is 0 Å². The van der Waals surface area contributed by atoms with Gasteiger partial charge in [-0.1, -0.05) is 24.6 Å². The van der Waals surface area contributed by atoms with Crippen LogP contribution in [0.3, 0.4) is 0 Å². The Bertz CT molecular complexity index is 726. The normalized spacial score (nSPS) is 21.6. The minimum Gasteiger partial charge on any atom is -0.487 e. The Morgan fingerprint density at radius 3 is 2.79 bits per heavy atom. The van der Waals surface area contributed by atoms with Crippen molar-refractivity contribution in [3.63, 3.8) is 0 Å². The van der Waals surface area contributed by atoms with Crippen LogP contribution in [0.2, 0.25) is 0 Å². The summed E-state index contributed by atoms with van der Waals surface area (Å²) in [4.78, 5) is 20.6. The lowest BCUT2D eigenvalue weighted by Gasteiger charge is -2.44. The molecule has 5 heteroatoms. The lowest BCUT2D eigenvalue weighted by atomic mass is 9.77. The molecule has 1 aromatic carbocycles. The largest absolute Gasteiger partial charge is 0.487 e. The number of carbonyl (C=O) groups excluding carboxylic acids is 1. The van der Waals surface area contributed by atoms with Gasteiger partial charge in [-0.15, -0.1) is 0 Å². The molecule has 0 saturated heterocycles. The molecule has 2 aromatic rings. The van der Waals surface area contributed by atoms with Gasteiger partial charge in [0.05, 0.1) is 12.2 Å². The van der Waals surface area contributed by atoms with Crippen molar-refractivity contribution in [2.45, 2.75) is 50.2 Å². The second kappa shape index (κ2) is 6.23. The van der Waals surface area contributed by atoms with Gasteiger partial charge in [-0.3, -0.25) is 9.78 Å². The summed E-state index contributed by atoms with van der Waals surface area (Å²) in [6.45, 7) is 0. The molecule has 1 fully saturated rings. The van der Waals surface area contributed by atoms with Crippen molar-refractivity contribution in [3.8, 4) is 5.75 Å². The highest BCUT2D eigenvalue weighted by atomic mass is 16.5. The summed E-state index contributed by atoms with van der Waals surface area (Å²) in [5, 5.41) is 3.14. The van der Waals surface area contributed by atoms with Crippen LogP contribution in [0.15, 0.2) is 42.9 Å². The summed E-state index contributed by atoms with van der Waals surface area (Å²) in [6.07, 6.45) is 11.2. The number of hydrogen-bond acceptors (Lipinski definition) is 4. The lowest BCUT2D eigenvalue weighted by Crippen LogP contribution is -2.46. The number of aromatic nitrogens is 2. The molecule has 0 unspecified atom stereocenters. The molecule has 1 aromatic heterocycles. The smallest absolute Gasteiger partial charge is 0.271 e. The van der Waals surface area contributed by atoms with Gasteiger partial charge >= 0.3 is 0 Å². The number of ether oxygens (including phenoxy) is 1. The molecule has 1 saturated carbocycles. The first-order valence-corrected chi connectivity index (χ1v) is 8.61. The van der Waals surface area contributed by atoms with Crippen LogP contribution in [0.5, 0.6) is 5.75 Å². The van der Waals surface area contributed by atoms with Crippen molar-refractivity contribution >= 4 is 5.91 Å². The Kier molecular flexibility index (Phi) is 3.92. The van der Waals surface area contributed by atoms with Gasteiger partial charge in [0.25, 0.3) is 5.91 Å². The molecular formula is C19H21N3O2. The molecule has 1 atom stereocenters. The molecule has 0 bridgehead atoms. The van der Waals surface area contributed by atoms with Crippen molar-refractivity contribution < 1.29 is 9.53 Å². The number of rotatable bonds is 2. The first kappa shape index (κ1) is 15.1. The third-order valence-electron chi connectivity index (χ3n) is 5.06. The summed E-state index contributed by atoms with van der Waals surface area (Å²) in [5.74, 6) is 0.714. The molecule has 1 amide bonds. The molecule has 1 spiro atoms. The van der Waals surface area contributed by atoms with E-state index in [9.17, 15) is 4.79 Å². The number of amides is 1. The molecule has 5 nitrogen and oxygen atoms in total. The third-order valence-corrected chi connectivity index (χ3v) is 5.06. The van der Waals surface area contributed by atoms with Gasteiger partial charge < -0.3 is 10.1 Å². The van der Waals surface area contributed by atoms with Crippen LogP contribution in [0.1, 0.15) is 60.6 Å². The first-order valence-electron chi connectivity index (χ1n) is 8.61. The van der Waals surface area contributed by atoms with E-state index in [-0.39, 0.29) is 17.6 Å². The number of para-hydroxylation sites is 1. The monoisotopic (exact) mass is 323 g/mol. The summed E-state index contributed by atoms with van der Waals surface area (Å²) >= 11 is 0. The quantitative estimate of drug-likeness (QED) is 0.919. The Morgan fingerprint density at radius 2 is 2.00 bits per heavy atom. The molecule has 1 aliphatic carbocycles. The van der Waals surface area contributed by atoms with Gasteiger partial charge in [-0.25, -0.2) is 4.98 Å². The number of nitrogens with one attached hydrogen (secondary N) is 1. The predicted octanol–water partition coefficient (Wildman–Crippen LogP) is 3.43. The summed E-state index contributed by atoms with van der Waals surface area (Å²) in [5.41, 5.74) is 1.25. The molecule has 1 aliphatic heterocycles. The fourth-order valence-electron chi connectivity index (χ4n) is 3.90. The van der Waals surface area contributed by atoms with Crippen molar-refractivity contribution in [2.75, 3.05) is 0 Å². The molecule has 2 heterocycles. The van der Waals surface area contributed by atoms with Gasteiger partial charge in [0, 0.05) is 24.4 Å². The molecule has 4 rings (SSSR count). The van der Waals surface area contributed by atoms with Gasteiger partial charge in [-0.2, -0.15) is 0 Å². The minimum absolute atomic E-state index is 0.0532. The van der Waals surface area contributed by atoms with Crippen LogP contribution < -0.4 is 10.1 Å². The van der Waals surface area contributed by atoms with E-state index in [0.717, 1.165) is 30.6 Å². The summed E-state index contributed by atoms with van der Waals surface area (Å²) < 4.78 is 6.40. The zero-order valence-electron chi connectivity index (χ0n) is 13.6. The number of hydrogen-bond donors (Lipinski definition) is 1. The zero-order chi connectivity index (χ0) is 16.4. The predicted molar refractivity (Wildman–Crippen MR) is 89.7 cm³/mol. The van der Waals surface area contributed by atoms with Gasteiger partial charge in [0.15, 0.2) is 0 Å². The second-order valence-electron chi connectivity index (χ2n) is 6.70. The minimum atomic E-state index is -0.184. The average molecular weight is 323 g/mol. The fourth-order valence-corrected chi connectivity index (χ4v) is 3.90. The Morgan fingerprint density at radius 1 is 1.17 bits per heavy atom. The molecular weight excluding hydrogens is 302 g/mol. The summed E-state index contributed by atoms with van der Waals surface area (Å²) in [7, 11) is 0. The maximum absolute atomic E-state index is 12.5. The van der Waals surface area contributed by atoms with Crippen molar-refractivity contribution in [3.05, 3.63) is 54.1 Å². The number of nitrogens with zero attached hydrogens (tertiary/aromatic N) is 2. The van der Waals surface area contributed by atoms with E-state index < -0.39 is 0 Å². The van der Waals surface area contributed by atoms with Crippen LogP contribution in [-0.4, -0.2) is 21.5 Å². The molecule has 1 N–H and O–H groups in total. The van der Waals surface area contributed by atoms with Crippen LogP contribution in [0.25, 0.3) is 0 Å². The highest BCUT2D eigenvalue weighted by molar-refractivity contribution is 5.92. The Hall–Kier alpha value is -2.43. The highest BCUT2D eigenvalue weighted by Crippen LogP contribution is 2.46. The molecule has 24 heavy (non-hydrogen) atoms. The Balaban J connectivity index is 1.62. The maximum atomic E-state index is 12.5. The average Bonchev–Trinajstić information content (AvgIpc) is 2.63. The number of carbonyl (C=O) groups is 1. The Labute approximate surface area is 141 Å². The summed E-state index contributed by atoms with van der Waals surface area (Å²) in [6, 6.07) is 7.96. The maximum Gasteiger partial charge on any atom is 0.271 e. The zero-order valence-corrected chi connectivity index (χ0v) is 13.6. The van der Waals surface area contributed by atoms with E-state index in [1.807, 2.05) is 24.3 Å². The van der Waals surface area contributed by atoms with E-state index in [0.29, 0.717) is 5.69 Å². The van der Waals surface area contributed by atoms with E-state index in [4.69, 9.17) is 4.74 Å². The first-order chi connectivity index (χ1) is 11.8. The topological polar surface area (TPSA) is 64.1 Å².